The fraction of sp³-hybridized carbons (Fsp3) is 0.364. The molecule has 0 radical (unpaired) electrons. The van der Waals surface area contributed by atoms with Crippen molar-refractivity contribution in [2.24, 2.45) is 5.73 Å². The number of nitrogens with two attached hydrogens (primary N) is 1. The minimum absolute atomic E-state index is 0.0702. The van der Waals surface area contributed by atoms with Crippen LogP contribution in [-0.2, 0) is 6.42 Å². The van der Waals surface area contributed by atoms with Crippen molar-refractivity contribution in [2.45, 2.75) is 12.5 Å². The molecule has 1 saturated heterocycles. The van der Waals surface area contributed by atoms with E-state index in [1.54, 1.807) is 6.33 Å². The standard InChI is InChI=1S/C22H25N5O/c1-26-7-9-27(10-8-26)22-19-12-15(5-6-20(19)24-14-25-22)18-4-2-3-16-11-17(13-23)28-21(16)18/h2-6,12,14,17H,7-11,13,23H2,1H3. The monoisotopic (exact) mass is 375 g/mol. The number of rotatable bonds is 3. The number of para-hydroxylation sites is 1. The molecule has 2 aliphatic rings. The van der Waals surface area contributed by atoms with Crippen molar-refractivity contribution in [1.82, 2.24) is 14.9 Å². The first-order chi connectivity index (χ1) is 13.7. The molecule has 1 unspecified atom stereocenters. The van der Waals surface area contributed by atoms with Gasteiger partial charge < -0.3 is 20.3 Å². The first-order valence-corrected chi connectivity index (χ1v) is 9.90. The zero-order chi connectivity index (χ0) is 19.1. The highest BCUT2D eigenvalue weighted by atomic mass is 16.5. The van der Waals surface area contributed by atoms with Gasteiger partial charge >= 0.3 is 0 Å². The van der Waals surface area contributed by atoms with Crippen LogP contribution >= 0.6 is 0 Å². The Labute approximate surface area is 164 Å². The molecule has 1 atom stereocenters. The highest BCUT2D eigenvalue weighted by Gasteiger charge is 2.25. The molecule has 6 heteroatoms. The van der Waals surface area contributed by atoms with Gasteiger partial charge in [0.25, 0.3) is 0 Å². The van der Waals surface area contributed by atoms with Crippen molar-refractivity contribution >= 4 is 16.7 Å². The van der Waals surface area contributed by atoms with Gasteiger partial charge in [0.1, 0.15) is 24.0 Å². The predicted molar refractivity (Wildman–Crippen MR) is 112 cm³/mol. The average Bonchev–Trinajstić information content (AvgIpc) is 3.17. The van der Waals surface area contributed by atoms with Crippen LogP contribution in [0.5, 0.6) is 5.75 Å². The van der Waals surface area contributed by atoms with Gasteiger partial charge in [0.05, 0.1) is 5.52 Å². The molecular weight excluding hydrogens is 350 g/mol. The average molecular weight is 375 g/mol. The Morgan fingerprint density at radius 3 is 2.79 bits per heavy atom. The van der Waals surface area contributed by atoms with E-state index in [0.717, 1.165) is 66.2 Å². The van der Waals surface area contributed by atoms with Gasteiger partial charge in [0.15, 0.2) is 0 Å². The van der Waals surface area contributed by atoms with E-state index in [-0.39, 0.29) is 6.10 Å². The van der Waals surface area contributed by atoms with E-state index >= 15 is 0 Å². The molecule has 5 rings (SSSR count). The minimum atomic E-state index is 0.0702. The maximum absolute atomic E-state index is 6.14. The molecule has 3 aromatic rings. The maximum atomic E-state index is 6.14. The van der Waals surface area contributed by atoms with Gasteiger partial charge in [-0.15, -0.1) is 0 Å². The van der Waals surface area contributed by atoms with Crippen LogP contribution in [0.25, 0.3) is 22.0 Å². The molecule has 144 valence electrons. The number of hydrogen-bond acceptors (Lipinski definition) is 6. The van der Waals surface area contributed by atoms with Gasteiger partial charge in [-0.3, -0.25) is 0 Å². The summed E-state index contributed by atoms with van der Waals surface area (Å²) in [5.74, 6) is 1.99. The van der Waals surface area contributed by atoms with Crippen molar-refractivity contribution in [3.63, 3.8) is 0 Å². The van der Waals surface area contributed by atoms with Crippen LogP contribution in [0.2, 0.25) is 0 Å². The Morgan fingerprint density at radius 1 is 1.11 bits per heavy atom. The van der Waals surface area contributed by atoms with Gasteiger partial charge in [-0.25, -0.2) is 9.97 Å². The second kappa shape index (κ2) is 7.04. The number of fused-ring (bicyclic) bond motifs is 2. The number of hydrogen-bond donors (Lipinski definition) is 1. The summed E-state index contributed by atoms with van der Waals surface area (Å²) in [7, 11) is 2.16. The largest absolute Gasteiger partial charge is 0.488 e. The van der Waals surface area contributed by atoms with Crippen LogP contribution in [0.3, 0.4) is 0 Å². The lowest BCUT2D eigenvalue weighted by Gasteiger charge is -2.33. The van der Waals surface area contributed by atoms with Gasteiger partial charge in [-0.05, 0) is 30.3 Å². The number of piperazine rings is 1. The van der Waals surface area contributed by atoms with Gasteiger partial charge in [-0.2, -0.15) is 0 Å². The van der Waals surface area contributed by atoms with Crippen LogP contribution in [0, 0.1) is 0 Å². The summed E-state index contributed by atoms with van der Waals surface area (Å²) in [6.07, 6.45) is 2.62. The maximum Gasteiger partial charge on any atom is 0.139 e. The summed E-state index contributed by atoms with van der Waals surface area (Å²) in [5, 5.41) is 1.09. The molecule has 2 aromatic carbocycles. The lowest BCUT2D eigenvalue weighted by atomic mass is 9.99. The molecule has 28 heavy (non-hydrogen) atoms. The Balaban J connectivity index is 1.58. The number of aromatic nitrogens is 2. The lowest BCUT2D eigenvalue weighted by molar-refractivity contribution is 0.242. The molecule has 2 aliphatic heterocycles. The molecule has 0 amide bonds. The quantitative estimate of drug-likeness (QED) is 0.758. The zero-order valence-electron chi connectivity index (χ0n) is 16.1. The fourth-order valence-corrected chi connectivity index (χ4v) is 4.18. The smallest absolute Gasteiger partial charge is 0.139 e. The minimum Gasteiger partial charge on any atom is -0.488 e. The summed E-state index contributed by atoms with van der Waals surface area (Å²) in [4.78, 5) is 13.8. The van der Waals surface area contributed by atoms with E-state index in [2.05, 4.69) is 63.2 Å². The van der Waals surface area contributed by atoms with Crippen LogP contribution < -0.4 is 15.4 Å². The second-order valence-corrected chi connectivity index (χ2v) is 7.69. The van der Waals surface area contributed by atoms with Crippen molar-refractivity contribution in [1.29, 1.82) is 0 Å². The topological polar surface area (TPSA) is 67.5 Å². The van der Waals surface area contributed by atoms with E-state index in [1.807, 2.05) is 0 Å². The van der Waals surface area contributed by atoms with Crippen molar-refractivity contribution in [2.75, 3.05) is 44.7 Å². The Hall–Kier alpha value is -2.70. The van der Waals surface area contributed by atoms with Gasteiger partial charge in [0.2, 0.25) is 0 Å². The first-order valence-electron chi connectivity index (χ1n) is 9.90. The van der Waals surface area contributed by atoms with E-state index in [9.17, 15) is 0 Å². The lowest BCUT2D eigenvalue weighted by Crippen LogP contribution is -2.44. The predicted octanol–water partition coefficient (Wildman–Crippen LogP) is 2.31. The molecule has 1 aromatic heterocycles. The molecule has 2 N–H and O–H groups in total. The molecule has 0 spiro atoms. The molecule has 0 bridgehead atoms. The molecular formula is C22H25N5O. The summed E-state index contributed by atoms with van der Waals surface area (Å²) < 4.78 is 6.14. The normalized spacial score (nSPS) is 19.6. The number of benzene rings is 2. The number of nitrogens with zero attached hydrogens (tertiary/aromatic N) is 4. The van der Waals surface area contributed by atoms with E-state index in [0.29, 0.717) is 6.54 Å². The first kappa shape index (κ1) is 17.4. The summed E-state index contributed by atoms with van der Waals surface area (Å²) >= 11 is 0. The van der Waals surface area contributed by atoms with Crippen LogP contribution in [0.15, 0.2) is 42.7 Å². The third-order valence-corrected chi connectivity index (χ3v) is 5.82. The van der Waals surface area contributed by atoms with Crippen molar-refractivity contribution in [3.05, 3.63) is 48.3 Å². The van der Waals surface area contributed by atoms with Crippen LogP contribution in [0.4, 0.5) is 5.82 Å². The van der Waals surface area contributed by atoms with Gasteiger partial charge in [0, 0.05) is 50.1 Å². The second-order valence-electron chi connectivity index (χ2n) is 7.69. The molecule has 3 heterocycles. The third kappa shape index (κ3) is 2.99. The van der Waals surface area contributed by atoms with Gasteiger partial charge in [-0.1, -0.05) is 24.3 Å². The number of likely N-dealkylation sites (N-methyl/N-ethyl adjacent to an activating group) is 1. The third-order valence-electron chi connectivity index (χ3n) is 5.82. The Morgan fingerprint density at radius 2 is 1.96 bits per heavy atom. The molecule has 0 saturated carbocycles. The van der Waals surface area contributed by atoms with E-state index in [4.69, 9.17) is 10.5 Å². The van der Waals surface area contributed by atoms with E-state index in [1.165, 1.54) is 5.56 Å². The highest BCUT2D eigenvalue weighted by Crippen LogP contribution is 2.40. The Bertz CT molecular complexity index is 1010. The summed E-state index contributed by atoms with van der Waals surface area (Å²) in [6, 6.07) is 12.8. The van der Waals surface area contributed by atoms with Crippen LogP contribution in [0.1, 0.15) is 5.56 Å². The van der Waals surface area contributed by atoms with Crippen molar-refractivity contribution in [3.8, 4) is 16.9 Å². The SMILES string of the molecule is CN1CCN(c2ncnc3ccc(-c4cccc5c4OC(CN)C5)cc23)CC1. The number of ether oxygens (including phenoxy) is 1. The van der Waals surface area contributed by atoms with Crippen molar-refractivity contribution < 1.29 is 4.74 Å². The Kier molecular flexibility index (Phi) is 4.37. The fourth-order valence-electron chi connectivity index (χ4n) is 4.18. The highest BCUT2D eigenvalue weighted by molar-refractivity contribution is 5.93. The number of anilines is 1. The molecule has 0 aliphatic carbocycles. The van der Waals surface area contributed by atoms with Crippen LogP contribution in [-0.4, -0.2) is 60.7 Å². The van der Waals surface area contributed by atoms with E-state index < -0.39 is 0 Å². The molecule has 6 nitrogen and oxygen atoms in total. The summed E-state index contributed by atoms with van der Waals surface area (Å²) in [5.41, 5.74) is 10.3. The molecule has 1 fully saturated rings. The zero-order valence-corrected chi connectivity index (χ0v) is 16.1. The summed E-state index contributed by atoms with van der Waals surface area (Å²) in [6.45, 7) is 4.59.